The van der Waals surface area contributed by atoms with Crippen LogP contribution in [0.25, 0.3) is 0 Å². The lowest BCUT2D eigenvalue weighted by atomic mass is 9.94. The molecular weight excluding hydrogens is 417 g/mol. The molecule has 2 saturated heterocycles. The van der Waals surface area contributed by atoms with Crippen LogP contribution < -0.4 is 0 Å². The molecule has 2 aliphatic rings. The molecule has 2 aromatic carbocycles. The van der Waals surface area contributed by atoms with E-state index in [1.165, 1.54) is 17.7 Å². The van der Waals surface area contributed by atoms with Gasteiger partial charge in [-0.1, -0.05) is 42.5 Å². The molecule has 2 amide bonds. The topological polar surface area (TPSA) is 43.9 Å². The summed E-state index contributed by atoms with van der Waals surface area (Å²) in [5, 5.41) is 0. The molecule has 0 aromatic heterocycles. The van der Waals surface area contributed by atoms with Crippen molar-refractivity contribution >= 4 is 11.8 Å². The third-order valence-electron chi connectivity index (χ3n) is 6.89. The van der Waals surface area contributed by atoms with Gasteiger partial charge in [-0.05, 0) is 48.9 Å². The first-order chi connectivity index (χ1) is 16.1. The van der Waals surface area contributed by atoms with E-state index in [4.69, 9.17) is 0 Å². The lowest BCUT2D eigenvalue weighted by Gasteiger charge is -2.34. The van der Waals surface area contributed by atoms with Gasteiger partial charge in [0.25, 0.3) is 0 Å². The monoisotopic (exact) mass is 451 g/mol. The van der Waals surface area contributed by atoms with Crippen molar-refractivity contribution in [3.8, 4) is 0 Å². The minimum Gasteiger partial charge on any atom is -0.343 e. The van der Waals surface area contributed by atoms with E-state index in [0.29, 0.717) is 19.5 Å². The van der Waals surface area contributed by atoms with Gasteiger partial charge < -0.3 is 9.80 Å². The van der Waals surface area contributed by atoms with Gasteiger partial charge in [0.2, 0.25) is 11.8 Å². The summed E-state index contributed by atoms with van der Waals surface area (Å²) in [7, 11) is 0. The molecule has 0 bridgehead atoms. The molecule has 0 aliphatic carbocycles. The molecule has 0 saturated carbocycles. The zero-order valence-corrected chi connectivity index (χ0v) is 19.3. The Kier molecular flexibility index (Phi) is 8.10. The van der Waals surface area contributed by atoms with E-state index in [1.807, 2.05) is 40.1 Å². The van der Waals surface area contributed by atoms with Gasteiger partial charge in [0.05, 0.1) is 0 Å². The van der Waals surface area contributed by atoms with E-state index < -0.39 is 0 Å². The number of halogens is 1. The number of amides is 2. The number of aryl methyl sites for hydroxylation is 1. The van der Waals surface area contributed by atoms with E-state index in [9.17, 15) is 14.0 Å². The van der Waals surface area contributed by atoms with Crippen LogP contribution in [0.1, 0.15) is 36.8 Å². The molecule has 176 valence electrons. The minimum atomic E-state index is -0.213. The van der Waals surface area contributed by atoms with Crippen LogP contribution in [0, 0.1) is 11.7 Å². The summed E-state index contributed by atoms with van der Waals surface area (Å²) >= 11 is 0. The molecule has 2 aliphatic heterocycles. The van der Waals surface area contributed by atoms with E-state index in [0.717, 1.165) is 64.0 Å². The van der Waals surface area contributed by atoms with Gasteiger partial charge in [-0.2, -0.15) is 0 Å². The largest absolute Gasteiger partial charge is 0.343 e. The molecule has 5 nitrogen and oxygen atoms in total. The fraction of sp³-hybridized carbons (Fsp3) is 0.481. The van der Waals surface area contributed by atoms with Crippen LogP contribution in [0.4, 0.5) is 4.39 Å². The third kappa shape index (κ3) is 6.64. The Morgan fingerprint density at radius 2 is 1.52 bits per heavy atom. The summed E-state index contributed by atoms with van der Waals surface area (Å²) < 4.78 is 13.1. The molecule has 4 rings (SSSR count). The Morgan fingerprint density at radius 3 is 2.24 bits per heavy atom. The molecule has 2 heterocycles. The van der Waals surface area contributed by atoms with Crippen molar-refractivity contribution in [2.75, 3.05) is 39.3 Å². The van der Waals surface area contributed by atoms with Gasteiger partial charge in [0.15, 0.2) is 0 Å². The molecule has 0 spiro atoms. The first kappa shape index (κ1) is 23.4. The van der Waals surface area contributed by atoms with Gasteiger partial charge in [-0.25, -0.2) is 4.39 Å². The van der Waals surface area contributed by atoms with Gasteiger partial charge in [0.1, 0.15) is 5.82 Å². The number of rotatable bonds is 6. The summed E-state index contributed by atoms with van der Waals surface area (Å²) in [6.07, 6.45) is 3.75. The number of carbonyl (C=O) groups excluding carboxylic acids is 2. The number of benzene rings is 2. The van der Waals surface area contributed by atoms with Crippen molar-refractivity contribution in [1.29, 1.82) is 0 Å². The molecular formula is C27H34FN3O2. The summed E-state index contributed by atoms with van der Waals surface area (Å²) in [6, 6.07) is 16.8. The summed E-state index contributed by atoms with van der Waals surface area (Å²) in [5.41, 5.74) is 2.28. The summed E-state index contributed by atoms with van der Waals surface area (Å²) in [5.74, 6) is 0.244. The Labute approximate surface area is 196 Å². The maximum Gasteiger partial charge on any atom is 0.225 e. The van der Waals surface area contributed by atoms with Crippen molar-refractivity contribution in [2.45, 2.75) is 38.6 Å². The zero-order chi connectivity index (χ0) is 23.0. The fourth-order valence-corrected chi connectivity index (χ4v) is 4.89. The van der Waals surface area contributed by atoms with Crippen LogP contribution in [0.2, 0.25) is 0 Å². The predicted molar refractivity (Wildman–Crippen MR) is 127 cm³/mol. The highest BCUT2D eigenvalue weighted by atomic mass is 19.1. The average Bonchev–Trinajstić information content (AvgIpc) is 3.10. The molecule has 2 aromatic rings. The quantitative estimate of drug-likeness (QED) is 0.672. The van der Waals surface area contributed by atoms with Crippen molar-refractivity contribution in [3.05, 3.63) is 71.5 Å². The number of carbonyl (C=O) groups is 2. The molecule has 0 atom stereocenters. The van der Waals surface area contributed by atoms with E-state index >= 15 is 0 Å². The maximum absolute atomic E-state index is 13.2. The fourth-order valence-electron chi connectivity index (χ4n) is 4.89. The number of hydrogen-bond acceptors (Lipinski definition) is 3. The summed E-state index contributed by atoms with van der Waals surface area (Å²) in [4.78, 5) is 32.1. The third-order valence-corrected chi connectivity index (χ3v) is 6.89. The Morgan fingerprint density at radius 1 is 0.788 bits per heavy atom. The van der Waals surface area contributed by atoms with Crippen molar-refractivity contribution in [1.82, 2.24) is 14.7 Å². The van der Waals surface area contributed by atoms with Crippen molar-refractivity contribution in [3.63, 3.8) is 0 Å². The number of hydrogen-bond donors (Lipinski definition) is 0. The lowest BCUT2D eigenvalue weighted by molar-refractivity contribution is -0.140. The highest BCUT2D eigenvalue weighted by Gasteiger charge is 2.30. The van der Waals surface area contributed by atoms with Crippen LogP contribution >= 0.6 is 0 Å². The molecule has 0 unspecified atom stereocenters. The molecule has 6 heteroatoms. The molecule has 2 fully saturated rings. The van der Waals surface area contributed by atoms with Crippen LogP contribution in [-0.2, 0) is 22.6 Å². The summed E-state index contributed by atoms with van der Waals surface area (Å²) in [6.45, 7) is 5.43. The van der Waals surface area contributed by atoms with Crippen LogP contribution in [0.5, 0.6) is 0 Å². The average molecular weight is 452 g/mol. The lowest BCUT2D eigenvalue weighted by Crippen LogP contribution is -2.45. The van der Waals surface area contributed by atoms with Crippen LogP contribution in [0.3, 0.4) is 0 Å². The van der Waals surface area contributed by atoms with Gasteiger partial charge >= 0.3 is 0 Å². The standard InChI is InChI=1S/C27H34FN3O2/c28-25-10-7-23(8-11-25)21-29-15-4-16-31(20-19-29)27(33)24-13-17-30(18-14-24)26(32)12-9-22-5-2-1-3-6-22/h1-3,5-8,10-11,24H,4,9,12-21H2. The predicted octanol–water partition coefficient (Wildman–Crippen LogP) is 3.73. The number of piperidine rings is 1. The highest BCUT2D eigenvalue weighted by Crippen LogP contribution is 2.22. The molecule has 33 heavy (non-hydrogen) atoms. The van der Waals surface area contributed by atoms with Gasteiger partial charge in [-0.15, -0.1) is 0 Å². The zero-order valence-electron chi connectivity index (χ0n) is 19.3. The maximum atomic E-state index is 13.2. The van der Waals surface area contributed by atoms with Gasteiger partial charge in [-0.3, -0.25) is 14.5 Å². The first-order valence-corrected chi connectivity index (χ1v) is 12.2. The first-order valence-electron chi connectivity index (χ1n) is 12.2. The Balaban J connectivity index is 1.20. The van der Waals surface area contributed by atoms with Crippen molar-refractivity contribution in [2.24, 2.45) is 5.92 Å². The van der Waals surface area contributed by atoms with Gasteiger partial charge in [0, 0.05) is 58.2 Å². The van der Waals surface area contributed by atoms with E-state index in [-0.39, 0.29) is 23.5 Å². The second-order valence-corrected chi connectivity index (χ2v) is 9.22. The van der Waals surface area contributed by atoms with Crippen molar-refractivity contribution < 1.29 is 14.0 Å². The number of nitrogens with zero attached hydrogens (tertiary/aromatic N) is 3. The van der Waals surface area contributed by atoms with Crippen LogP contribution in [-0.4, -0.2) is 65.8 Å². The molecule has 0 radical (unpaired) electrons. The van der Waals surface area contributed by atoms with E-state index in [1.54, 1.807) is 0 Å². The number of likely N-dealkylation sites (tertiary alicyclic amines) is 1. The second-order valence-electron chi connectivity index (χ2n) is 9.22. The Bertz CT molecular complexity index is 911. The van der Waals surface area contributed by atoms with E-state index in [2.05, 4.69) is 17.0 Å². The van der Waals surface area contributed by atoms with Crippen LogP contribution in [0.15, 0.2) is 54.6 Å². The highest BCUT2D eigenvalue weighted by molar-refractivity contribution is 5.80. The SMILES string of the molecule is O=C(CCc1ccccc1)N1CCC(C(=O)N2CCCN(Cc3ccc(F)cc3)CC2)CC1. The smallest absolute Gasteiger partial charge is 0.225 e. The Hall–Kier alpha value is -2.73. The normalized spacial score (nSPS) is 18.2. The molecule has 0 N–H and O–H groups in total. The second kappa shape index (κ2) is 11.4. The minimum absolute atomic E-state index is 0.0202.